The summed E-state index contributed by atoms with van der Waals surface area (Å²) in [6, 6.07) is 23.2. The molecule has 3 aromatic rings. The number of hydrogen-bond donors (Lipinski definition) is 0. The van der Waals surface area contributed by atoms with E-state index in [1.54, 1.807) is 84.9 Å². The first-order valence-electron chi connectivity index (χ1n) is 13.5. The third-order valence-electron chi connectivity index (χ3n) is 8.30. The van der Waals surface area contributed by atoms with Crippen LogP contribution in [0.4, 0.5) is 17.6 Å². The Bertz CT molecular complexity index is 1400. The zero-order valence-corrected chi connectivity index (χ0v) is 24.3. The summed E-state index contributed by atoms with van der Waals surface area (Å²) in [7, 11) is -9.59. The Morgan fingerprint density at radius 1 is 0.700 bits per heavy atom. The fourth-order valence-electron chi connectivity index (χ4n) is 6.15. The first-order chi connectivity index (χ1) is 18.7. The van der Waals surface area contributed by atoms with Crippen molar-refractivity contribution in [3.8, 4) is 0 Å². The van der Waals surface area contributed by atoms with E-state index in [0.29, 0.717) is 33.9 Å². The van der Waals surface area contributed by atoms with E-state index in [-0.39, 0.29) is 17.8 Å². The highest BCUT2D eigenvalue weighted by Crippen LogP contribution is 2.71. The van der Waals surface area contributed by atoms with Gasteiger partial charge in [-0.25, -0.2) is 3.63 Å². The minimum Gasteiger partial charge on any atom is -0.202 e. The van der Waals surface area contributed by atoms with E-state index < -0.39 is 43.4 Å². The molecule has 0 N–H and O–H groups in total. The standard InChI is InChI=1S/C31H34F4O3S2/c1-29(2,3)24-16-18-27(19-17-24)39(25-10-6-4-7-11-25,26-12-8-5-9-13-26)38-40(36,37)31(34,35)30(32,33)28-21-22-14-15-23(28)20-22/h4-13,16-19,22-23,28H,14-15,20-21H2,1-3H3. The summed E-state index contributed by atoms with van der Waals surface area (Å²) < 4.78 is 95.7. The molecule has 3 unspecified atom stereocenters. The van der Waals surface area contributed by atoms with Gasteiger partial charge in [0.05, 0.1) is 0 Å². The van der Waals surface area contributed by atoms with Crippen LogP contribution in [0.15, 0.2) is 99.6 Å². The predicted octanol–water partition coefficient (Wildman–Crippen LogP) is 9.19. The van der Waals surface area contributed by atoms with Crippen molar-refractivity contribution in [2.24, 2.45) is 17.8 Å². The normalized spacial score (nSPS) is 22.4. The largest absolute Gasteiger partial charge is 0.432 e. The van der Waals surface area contributed by atoms with Gasteiger partial charge >= 0.3 is 21.3 Å². The van der Waals surface area contributed by atoms with Crippen LogP contribution in [0, 0.1) is 17.8 Å². The Morgan fingerprint density at radius 2 is 1.20 bits per heavy atom. The van der Waals surface area contributed by atoms with E-state index in [9.17, 15) is 8.42 Å². The summed E-state index contributed by atoms with van der Waals surface area (Å²) in [6.07, 6.45) is 1.45. The Balaban J connectivity index is 1.68. The van der Waals surface area contributed by atoms with Crippen LogP contribution in [0.1, 0.15) is 52.0 Å². The maximum Gasteiger partial charge on any atom is 0.432 e. The molecule has 0 saturated heterocycles. The molecule has 3 nitrogen and oxygen atoms in total. The lowest BCUT2D eigenvalue weighted by molar-refractivity contribution is -0.202. The molecule has 0 amide bonds. The van der Waals surface area contributed by atoms with Gasteiger partial charge in [-0.15, -0.1) is 0 Å². The van der Waals surface area contributed by atoms with Gasteiger partial charge in [0, 0.05) is 20.6 Å². The lowest BCUT2D eigenvalue weighted by Gasteiger charge is -2.42. The molecule has 0 aliphatic heterocycles. The zero-order chi connectivity index (χ0) is 29.0. The fourth-order valence-corrected chi connectivity index (χ4v) is 11.4. The second kappa shape index (κ2) is 10.2. The highest BCUT2D eigenvalue weighted by atomic mass is 32.3. The number of benzene rings is 3. The van der Waals surface area contributed by atoms with Crippen molar-refractivity contribution >= 4 is 20.4 Å². The SMILES string of the molecule is CC(C)(C)c1ccc(S(OS(=O)(=O)C(F)(F)C(F)(F)C2CC3CCC2C3)(c2ccccc2)c2ccccc2)cc1. The van der Waals surface area contributed by atoms with Crippen LogP contribution in [-0.2, 0) is 19.2 Å². The van der Waals surface area contributed by atoms with E-state index in [1.165, 1.54) is 0 Å². The van der Waals surface area contributed by atoms with Crippen molar-refractivity contribution in [1.82, 2.24) is 0 Å². The highest BCUT2D eigenvalue weighted by molar-refractivity contribution is 8.33. The zero-order valence-electron chi connectivity index (χ0n) is 22.7. The van der Waals surface area contributed by atoms with Crippen molar-refractivity contribution in [2.75, 3.05) is 0 Å². The molecule has 2 aliphatic rings. The number of hydrogen-bond acceptors (Lipinski definition) is 3. The Kier molecular flexibility index (Phi) is 7.41. The third-order valence-corrected chi connectivity index (χ3v) is 13.5. The summed E-state index contributed by atoms with van der Waals surface area (Å²) in [5.74, 6) is -7.17. The second-order valence-corrected chi connectivity index (χ2v) is 16.4. The van der Waals surface area contributed by atoms with Gasteiger partial charge in [0.15, 0.2) is 0 Å². The molecular weight excluding hydrogens is 560 g/mol. The van der Waals surface area contributed by atoms with Gasteiger partial charge in [0.2, 0.25) is 0 Å². The molecule has 0 aromatic heterocycles. The Labute approximate surface area is 235 Å². The van der Waals surface area contributed by atoms with Crippen molar-refractivity contribution < 1.29 is 29.6 Å². The van der Waals surface area contributed by atoms with Crippen molar-refractivity contribution in [2.45, 2.75) is 77.7 Å². The van der Waals surface area contributed by atoms with E-state index >= 15 is 17.6 Å². The predicted molar refractivity (Wildman–Crippen MR) is 149 cm³/mol. The minimum atomic E-state index is -6.16. The number of alkyl halides is 4. The van der Waals surface area contributed by atoms with E-state index in [4.69, 9.17) is 3.63 Å². The van der Waals surface area contributed by atoms with Gasteiger partial charge in [-0.2, -0.15) is 26.0 Å². The molecule has 9 heteroatoms. The van der Waals surface area contributed by atoms with Gasteiger partial charge in [-0.3, -0.25) is 0 Å². The summed E-state index contributed by atoms with van der Waals surface area (Å²) in [4.78, 5) is 0.903. The van der Waals surface area contributed by atoms with Crippen molar-refractivity contribution in [3.05, 3.63) is 90.5 Å². The summed E-state index contributed by atoms with van der Waals surface area (Å²) in [5.41, 5.74) is 0.695. The Hall–Kier alpha value is -2.36. The van der Waals surface area contributed by atoms with Crippen LogP contribution in [0.2, 0.25) is 0 Å². The lowest BCUT2D eigenvalue weighted by atomic mass is 9.84. The average Bonchev–Trinajstić information content (AvgIpc) is 3.57. The monoisotopic (exact) mass is 594 g/mol. The van der Waals surface area contributed by atoms with Crippen LogP contribution in [0.25, 0.3) is 0 Å². The minimum absolute atomic E-state index is 0.0695. The molecule has 0 radical (unpaired) electrons. The first kappa shape index (κ1) is 29.1. The second-order valence-electron chi connectivity index (χ2n) is 11.9. The molecule has 2 saturated carbocycles. The smallest absolute Gasteiger partial charge is 0.202 e. The molecule has 0 heterocycles. The Morgan fingerprint density at radius 3 is 1.62 bits per heavy atom. The number of rotatable bonds is 8. The molecule has 3 atom stereocenters. The molecule has 2 fully saturated rings. The first-order valence-corrected chi connectivity index (χ1v) is 16.4. The van der Waals surface area contributed by atoms with Gasteiger partial charge < -0.3 is 0 Å². The maximum absolute atomic E-state index is 15.8. The van der Waals surface area contributed by atoms with E-state index in [2.05, 4.69) is 0 Å². The van der Waals surface area contributed by atoms with Gasteiger partial charge in [0.1, 0.15) is 0 Å². The third kappa shape index (κ3) is 4.77. The number of fused-ring (bicyclic) bond motifs is 2. The molecule has 216 valence electrons. The highest BCUT2D eigenvalue weighted by Gasteiger charge is 2.73. The summed E-state index contributed by atoms with van der Waals surface area (Å²) in [5, 5.41) is -5.43. The molecule has 2 aliphatic carbocycles. The summed E-state index contributed by atoms with van der Waals surface area (Å²) in [6.45, 7) is 6.03. The summed E-state index contributed by atoms with van der Waals surface area (Å²) >= 11 is 0. The molecule has 3 aromatic carbocycles. The van der Waals surface area contributed by atoms with Crippen LogP contribution in [-0.4, -0.2) is 19.6 Å². The average molecular weight is 595 g/mol. The van der Waals surface area contributed by atoms with Crippen LogP contribution >= 0.6 is 10.3 Å². The van der Waals surface area contributed by atoms with Gasteiger partial charge in [0.25, 0.3) is 0 Å². The topological polar surface area (TPSA) is 43.4 Å². The van der Waals surface area contributed by atoms with E-state index in [1.807, 2.05) is 20.8 Å². The fraction of sp³-hybridized carbons (Fsp3) is 0.419. The van der Waals surface area contributed by atoms with E-state index in [0.717, 1.165) is 5.56 Å². The van der Waals surface area contributed by atoms with Gasteiger partial charge in [-0.05, 0) is 88.8 Å². The quantitative estimate of drug-likeness (QED) is 0.244. The van der Waals surface area contributed by atoms with Crippen molar-refractivity contribution in [1.29, 1.82) is 0 Å². The van der Waals surface area contributed by atoms with Crippen LogP contribution in [0.3, 0.4) is 0 Å². The number of halogens is 4. The molecule has 0 spiro atoms. The van der Waals surface area contributed by atoms with Gasteiger partial charge in [-0.1, -0.05) is 75.7 Å². The van der Waals surface area contributed by atoms with Crippen LogP contribution < -0.4 is 0 Å². The molecule has 40 heavy (non-hydrogen) atoms. The molecular formula is C31H34F4O3S2. The van der Waals surface area contributed by atoms with Crippen molar-refractivity contribution in [3.63, 3.8) is 0 Å². The molecule has 5 rings (SSSR count). The maximum atomic E-state index is 15.8. The van der Waals surface area contributed by atoms with Crippen LogP contribution in [0.5, 0.6) is 0 Å². The molecule has 2 bridgehead atoms. The lowest BCUT2D eigenvalue weighted by Crippen LogP contribution is -2.53.